The van der Waals surface area contributed by atoms with Gasteiger partial charge in [0.15, 0.2) is 0 Å². The first-order valence-electron chi connectivity index (χ1n) is 4.71. The molecule has 0 N–H and O–H groups in total. The summed E-state index contributed by atoms with van der Waals surface area (Å²) in [7, 11) is 0. The van der Waals surface area contributed by atoms with Crippen LogP contribution in [0, 0.1) is 11.3 Å². The third kappa shape index (κ3) is 3.60. The second-order valence-electron chi connectivity index (χ2n) is 3.93. The summed E-state index contributed by atoms with van der Waals surface area (Å²) in [5.41, 5.74) is 0.370. The van der Waals surface area contributed by atoms with Crippen LogP contribution >= 0.6 is 0 Å². The molecule has 0 saturated carbocycles. The molecule has 0 aromatic rings. The highest BCUT2D eigenvalue weighted by atomic mass is 14.2. The van der Waals surface area contributed by atoms with Crippen molar-refractivity contribution in [2.75, 3.05) is 0 Å². The third-order valence-corrected chi connectivity index (χ3v) is 2.81. The Kier molecular flexibility index (Phi) is 4.48. The van der Waals surface area contributed by atoms with E-state index in [2.05, 4.69) is 40.3 Å². The van der Waals surface area contributed by atoms with Gasteiger partial charge in [-0.05, 0) is 24.2 Å². The molecule has 2 unspecified atom stereocenters. The van der Waals surface area contributed by atoms with Crippen molar-refractivity contribution in [2.24, 2.45) is 11.3 Å². The maximum absolute atomic E-state index is 3.89. The fourth-order valence-corrected chi connectivity index (χ4v) is 1.31. The molecule has 66 valence electrons. The first kappa shape index (κ1) is 10.7. The zero-order valence-corrected chi connectivity index (χ0v) is 8.48. The van der Waals surface area contributed by atoms with Gasteiger partial charge in [-0.15, -0.1) is 6.58 Å². The van der Waals surface area contributed by atoms with E-state index in [1.807, 2.05) is 0 Å². The molecule has 0 aromatic carbocycles. The molecule has 0 nitrogen and oxygen atoms in total. The van der Waals surface area contributed by atoms with E-state index in [9.17, 15) is 0 Å². The van der Waals surface area contributed by atoms with Gasteiger partial charge in [-0.1, -0.05) is 40.2 Å². The molecule has 0 heteroatoms. The first-order chi connectivity index (χ1) is 5.08. The molecular formula is C11H22. The average Bonchev–Trinajstić information content (AvgIpc) is 2.04. The molecule has 11 heavy (non-hydrogen) atoms. The van der Waals surface area contributed by atoms with E-state index in [1.165, 1.54) is 19.3 Å². The number of allylic oxidation sites excluding steroid dienone is 1. The zero-order chi connectivity index (χ0) is 8.91. The maximum Gasteiger partial charge on any atom is -0.0149 e. The van der Waals surface area contributed by atoms with E-state index in [4.69, 9.17) is 0 Å². The Hall–Kier alpha value is -0.260. The minimum Gasteiger partial charge on any atom is -0.103 e. The van der Waals surface area contributed by atoms with Crippen LogP contribution in [0.15, 0.2) is 12.7 Å². The minimum absolute atomic E-state index is 0.370. The number of hydrogen-bond acceptors (Lipinski definition) is 0. The summed E-state index contributed by atoms with van der Waals surface area (Å²) in [4.78, 5) is 0. The molecule has 2 atom stereocenters. The molecular weight excluding hydrogens is 132 g/mol. The summed E-state index contributed by atoms with van der Waals surface area (Å²) >= 11 is 0. The summed E-state index contributed by atoms with van der Waals surface area (Å²) in [6.45, 7) is 13.0. The summed E-state index contributed by atoms with van der Waals surface area (Å²) in [6.07, 6.45) is 5.88. The second kappa shape index (κ2) is 4.58. The smallest absolute Gasteiger partial charge is 0.0149 e. The molecule has 0 aromatic heterocycles. The summed E-state index contributed by atoms with van der Waals surface area (Å²) < 4.78 is 0. The van der Waals surface area contributed by atoms with E-state index in [0.29, 0.717) is 5.41 Å². The Morgan fingerprint density at radius 1 is 1.45 bits per heavy atom. The zero-order valence-electron chi connectivity index (χ0n) is 8.48. The lowest BCUT2D eigenvalue weighted by Crippen LogP contribution is -2.15. The van der Waals surface area contributed by atoms with Crippen LogP contribution in [0.3, 0.4) is 0 Å². The van der Waals surface area contributed by atoms with E-state index in [-0.39, 0.29) is 0 Å². The van der Waals surface area contributed by atoms with E-state index in [0.717, 1.165) is 5.92 Å². The summed E-state index contributed by atoms with van der Waals surface area (Å²) in [5, 5.41) is 0. The van der Waals surface area contributed by atoms with Gasteiger partial charge in [-0.2, -0.15) is 0 Å². The van der Waals surface area contributed by atoms with Crippen LogP contribution in [0.1, 0.15) is 47.0 Å². The maximum atomic E-state index is 3.89. The van der Waals surface area contributed by atoms with Crippen LogP contribution in [-0.2, 0) is 0 Å². The van der Waals surface area contributed by atoms with Crippen molar-refractivity contribution in [3.8, 4) is 0 Å². The Morgan fingerprint density at radius 2 is 2.00 bits per heavy atom. The van der Waals surface area contributed by atoms with E-state index >= 15 is 0 Å². The molecule has 0 heterocycles. The molecule has 0 aliphatic carbocycles. The molecule has 0 amide bonds. The molecule has 0 aliphatic rings. The average molecular weight is 154 g/mol. The molecule has 0 saturated heterocycles. The first-order valence-corrected chi connectivity index (χ1v) is 4.71. The van der Waals surface area contributed by atoms with Gasteiger partial charge >= 0.3 is 0 Å². The molecule has 0 radical (unpaired) electrons. The Labute approximate surface area is 71.7 Å². The predicted octanol–water partition coefficient (Wildman–Crippen LogP) is 4.02. The van der Waals surface area contributed by atoms with E-state index < -0.39 is 0 Å². The summed E-state index contributed by atoms with van der Waals surface area (Å²) in [6, 6.07) is 0. The highest BCUT2D eigenvalue weighted by molar-refractivity contribution is 4.90. The summed E-state index contributed by atoms with van der Waals surface area (Å²) in [5.74, 6) is 0.831. The van der Waals surface area contributed by atoms with Crippen molar-refractivity contribution in [3.05, 3.63) is 12.7 Å². The van der Waals surface area contributed by atoms with Gasteiger partial charge < -0.3 is 0 Å². The topological polar surface area (TPSA) is 0 Å². The van der Waals surface area contributed by atoms with Crippen molar-refractivity contribution < 1.29 is 0 Å². The van der Waals surface area contributed by atoms with Gasteiger partial charge in [0.1, 0.15) is 0 Å². The monoisotopic (exact) mass is 154 g/mol. The van der Waals surface area contributed by atoms with Crippen molar-refractivity contribution >= 4 is 0 Å². The second-order valence-corrected chi connectivity index (χ2v) is 3.93. The highest BCUT2D eigenvalue weighted by Gasteiger charge is 2.19. The lowest BCUT2D eigenvalue weighted by atomic mass is 9.79. The Morgan fingerprint density at radius 3 is 2.27 bits per heavy atom. The van der Waals surface area contributed by atoms with Crippen LogP contribution < -0.4 is 0 Å². The molecule has 0 fully saturated rings. The van der Waals surface area contributed by atoms with Crippen LogP contribution in [0.5, 0.6) is 0 Å². The van der Waals surface area contributed by atoms with Crippen molar-refractivity contribution in [2.45, 2.75) is 47.0 Å². The van der Waals surface area contributed by atoms with Gasteiger partial charge in [-0.3, -0.25) is 0 Å². The molecule has 0 aliphatic heterocycles. The normalized spacial score (nSPS) is 18.9. The fourth-order valence-electron chi connectivity index (χ4n) is 1.31. The van der Waals surface area contributed by atoms with Gasteiger partial charge in [0, 0.05) is 0 Å². The lowest BCUT2D eigenvalue weighted by molar-refractivity contribution is 0.305. The Bertz CT molecular complexity index is 115. The fraction of sp³-hybridized carbons (Fsp3) is 0.818. The Balaban J connectivity index is 3.96. The highest BCUT2D eigenvalue weighted by Crippen LogP contribution is 2.31. The largest absolute Gasteiger partial charge is 0.103 e. The third-order valence-electron chi connectivity index (χ3n) is 2.81. The number of hydrogen-bond donors (Lipinski definition) is 0. The van der Waals surface area contributed by atoms with Crippen LogP contribution in [-0.4, -0.2) is 0 Å². The molecule has 0 spiro atoms. The quantitative estimate of drug-likeness (QED) is 0.524. The minimum atomic E-state index is 0.370. The number of rotatable bonds is 5. The molecule has 0 rings (SSSR count). The standard InChI is InChI=1S/C11H22/c1-6-10(4)9-11(5,7-2)8-3/h7,10H,2,6,8-9H2,1,3-5H3. The van der Waals surface area contributed by atoms with Crippen molar-refractivity contribution in [3.63, 3.8) is 0 Å². The molecule has 0 bridgehead atoms. The van der Waals surface area contributed by atoms with Gasteiger partial charge in [-0.25, -0.2) is 0 Å². The van der Waals surface area contributed by atoms with Crippen LogP contribution in [0.2, 0.25) is 0 Å². The SMILES string of the molecule is C=CC(C)(CC)CC(C)CC. The van der Waals surface area contributed by atoms with Gasteiger partial charge in [0.2, 0.25) is 0 Å². The van der Waals surface area contributed by atoms with Crippen LogP contribution in [0.4, 0.5) is 0 Å². The van der Waals surface area contributed by atoms with E-state index in [1.54, 1.807) is 0 Å². The van der Waals surface area contributed by atoms with Gasteiger partial charge in [0.25, 0.3) is 0 Å². The van der Waals surface area contributed by atoms with Crippen molar-refractivity contribution in [1.29, 1.82) is 0 Å². The van der Waals surface area contributed by atoms with Crippen LogP contribution in [0.25, 0.3) is 0 Å². The van der Waals surface area contributed by atoms with Crippen molar-refractivity contribution in [1.82, 2.24) is 0 Å². The lowest BCUT2D eigenvalue weighted by Gasteiger charge is -2.26. The van der Waals surface area contributed by atoms with Gasteiger partial charge in [0.05, 0.1) is 0 Å². The predicted molar refractivity (Wildman–Crippen MR) is 52.7 cm³/mol.